The third kappa shape index (κ3) is 2.82. The number of hydrogen-bond donors (Lipinski definition) is 0. The van der Waals surface area contributed by atoms with Gasteiger partial charge < -0.3 is 9.47 Å². The minimum atomic E-state index is 0.180. The van der Waals surface area contributed by atoms with E-state index in [0.29, 0.717) is 0 Å². The van der Waals surface area contributed by atoms with Crippen molar-refractivity contribution >= 4 is 10.8 Å². The van der Waals surface area contributed by atoms with E-state index >= 15 is 0 Å². The lowest BCUT2D eigenvalue weighted by molar-refractivity contribution is 0.0512. The number of methoxy groups -OCH3 is 1. The summed E-state index contributed by atoms with van der Waals surface area (Å²) in [7, 11) is 1.62. The van der Waals surface area contributed by atoms with Crippen LogP contribution in [0, 0.1) is 0 Å². The van der Waals surface area contributed by atoms with Crippen LogP contribution in [0.1, 0.15) is 26.3 Å². The largest absolute Gasteiger partial charge is 0.468 e. The van der Waals surface area contributed by atoms with Crippen LogP contribution in [-0.4, -0.2) is 13.9 Å². The summed E-state index contributed by atoms with van der Waals surface area (Å²) in [5, 5.41) is 2.43. The van der Waals surface area contributed by atoms with Gasteiger partial charge in [-0.05, 0) is 33.9 Å². The highest BCUT2D eigenvalue weighted by molar-refractivity contribution is 5.84. The molecule has 0 aliphatic carbocycles. The van der Waals surface area contributed by atoms with Crippen LogP contribution in [0.3, 0.4) is 0 Å². The minimum Gasteiger partial charge on any atom is -0.468 e. The van der Waals surface area contributed by atoms with Crippen molar-refractivity contribution in [2.45, 2.75) is 26.2 Å². The molecule has 2 aromatic carbocycles. The third-order valence-electron chi connectivity index (χ3n) is 3.02. The van der Waals surface area contributed by atoms with Gasteiger partial charge >= 0.3 is 0 Å². The van der Waals surface area contributed by atoms with Gasteiger partial charge in [0.05, 0.1) is 0 Å². The van der Waals surface area contributed by atoms with Gasteiger partial charge in [0, 0.05) is 7.11 Å². The lowest BCUT2D eigenvalue weighted by Crippen LogP contribution is -2.10. The van der Waals surface area contributed by atoms with Gasteiger partial charge in [-0.2, -0.15) is 0 Å². The SMILES string of the molecule is COCOc1ccc2cc(C(C)(C)C)ccc2c1. The zero-order valence-electron chi connectivity index (χ0n) is 11.5. The second kappa shape index (κ2) is 4.99. The van der Waals surface area contributed by atoms with Gasteiger partial charge in [-0.3, -0.25) is 0 Å². The molecule has 0 spiro atoms. The van der Waals surface area contributed by atoms with E-state index in [4.69, 9.17) is 9.47 Å². The summed E-state index contributed by atoms with van der Waals surface area (Å²) >= 11 is 0. The van der Waals surface area contributed by atoms with Crippen LogP contribution in [-0.2, 0) is 10.2 Å². The average molecular weight is 244 g/mol. The van der Waals surface area contributed by atoms with E-state index in [2.05, 4.69) is 45.0 Å². The monoisotopic (exact) mass is 244 g/mol. The summed E-state index contributed by atoms with van der Waals surface area (Å²) in [4.78, 5) is 0. The van der Waals surface area contributed by atoms with Crippen molar-refractivity contribution in [2.75, 3.05) is 13.9 Å². The minimum absolute atomic E-state index is 0.180. The lowest BCUT2D eigenvalue weighted by atomic mass is 9.86. The van der Waals surface area contributed by atoms with E-state index in [9.17, 15) is 0 Å². The molecule has 0 N–H and O–H groups in total. The van der Waals surface area contributed by atoms with Crippen molar-refractivity contribution in [3.05, 3.63) is 42.0 Å². The Morgan fingerprint density at radius 3 is 2.28 bits per heavy atom. The normalized spacial score (nSPS) is 11.8. The number of ether oxygens (including phenoxy) is 2. The first-order chi connectivity index (χ1) is 8.50. The van der Waals surface area contributed by atoms with E-state index in [1.807, 2.05) is 12.1 Å². The Balaban J connectivity index is 2.36. The fourth-order valence-electron chi connectivity index (χ4n) is 1.91. The Morgan fingerprint density at radius 2 is 1.61 bits per heavy atom. The van der Waals surface area contributed by atoms with Gasteiger partial charge in [-0.1, -0.05) is 45.0 Å². The molecule has 2 aromatic rings. The van der Waals surface area contributed by atoms with Gasteiger partial charge in [-0.15, -0.1) is 0 Å². The predicted octanol–water partition coefficient (Wildman–Crippen LogP) is 4.12. The van der Waals surface area contributed by atoms with Crippen LogP contribution in [0.5, 0.6) is 5.75 Å². The van der Waals surface area contributed by atoms with Crippen molar-refractivity contribution in [1.29, 1.82) is 0 Å². The highest BCUT2D eigenvalue weighted by atomic mass is 16.7. The molecule has 0 radical (unpaired) electrons. The van der Waals surface area contributed by atoms with Crippen LogP contribution in [0.15, 0.2) is 36.4 Å². The number of benzene rings is 2. The molecule has 0 aliphatic heterocycles. The molecule has 0 bridgehead atoms. The van der Waals surface area contributed by atoms with E-state index in [1.54, 1.807) is 7.11 Å². The summed E-state index contributed by atoms with van der Waals surface area (Å²) in [5.74, 6) is 0.841. The van der Waals surface area contributed by atoms with Gasteiger partial charge in [0.1, 0.15) is 5.75 Å². The van der Waals surface area contributed by atoms with Gasteiger partial charge in [0.15, 0.2) is 6.79 Å². The molecule has 0 aliphatic rings. The molecule has 0 saturated heterocycles. The fourth-order valence-corrected chi connectivity index (χ4v) is 1.91. The smallest absolute Gasteiger partial charge is 0.188 e. The van der Waals surface area contributed by atoms with E-state index in [0.717, 1.165) is 5.75 Å². The standard InChI is InChI=1S/C16H20O2/c1-16(2,3)14-7-5-13-10-15(18-11-17-4)8-6-12(13)9-14/h5-10H,11H2,1-4H3. The summed E-state index contributed by atoms with van der Waals surface area (Å²) < 4.78 is 10.3. The van der Waals surface area contributed by atoms with Crippen LogP contribution in [0.2, 0.25) is 0 Å². The lowest BCUT2D eigenvalue weighted by Gasteiger charge is -2.19. The topological polar surface area (TPSA) is 18.5 Å². The van der Waals surface area contributed by atoms with Crippen molar-refractivity contribution in [3.63, 3.8) is 0 Å². The molecule has 0 saturated carbocycles. The molecule has 0 atom stereocenters. The number of rotatable bonds is 3. The first-order valence-electron chi connectivity index (χ1n) is 6.17. The summed E-state index contributed by atoms with van der Waals surface area (Å²) in [6.45, 7) is 6.96. The zero-order chi connectivity index (χ0) is 13.2. The Hall–Kier alpha value is -1.54. The highest BCUT2D eigenvalue weighted by Gasteiger charge is 2.13. The molecule has 0 unspecified atom stereocenters. The molecule has 0 amide bonds. The molecule has 2 rings (SSSR count). The van der Waals surface area contributed by atoms with Gasteiger partial charge in [-0.25, -0.2) is 0 Å². The van der Waals surface area contributed by atoms with E-state index in [-0.39, 0.29) is 12.2 Å². The fraction of sp³-hybridized carbons (Fsp3) is 0.375. The van der Waals surface area contributed by atoms with Crippen molar-refractivity contribution in [2.24, 2.45) is 0 Å². The molecular formula is C16H20O2. The van der Waals surface area contributed by atoms with Crippen LogP contribution < -0.4 is 4.74 Å². The molecular weight excluding hydrogens is 224 g/mol. The first kappa shape index (κ1) is 12.9. The summed E-state index contributed by atoms with van der Waals surface area (Å²) in [6.07, 6.45) is 0. The molecule has 96 valence electrons. The van der Waals surface area contributed by atoms with Gasteiger partial charge in [0.2, 0.25) is 0 Å². The Kier molecular flexibility index (Phi) is 3.58. The quantitative estimate of drug-likeness (QED) is 0.756. The maximum Gasteiger partial charge on any atom is 0.188 e. The predicted molar refractivity (Wildman–Crippen MR) is 75.2 cm³/mol. The molecule has 0 aromatic heterocycles. The Morgan fingerprint density at radius 1 is 0.944 bits per heavy atom. The van der Waals surface area contributed by atoms with Crippen molar-refractivity contribution in [1.82, 2.24) is 0 Å². The maximum atomic E-state index is 5.44. The van der Waals surface area contributed by atoms with Crippen LogP contribution in [0.25, 0.3) is 10.8 Å². The van der Waals surface area contributed by atoms with Crippen molar-refractivity contribution < 1.29 is 9.47 Å². The maximum absolute atomic E-state index is 5.44. The van der Waals surface area contributed by atoms with Crippen molar-refractivity contribution in [3.8, 4) is 5.75 Å². The number of fused-ring (bicyclic) bond motifs is 1. The van der Waals surface area contributed by atoms with Crippen LogP contribution >= 0.6 is 0 Å². The number of hydrogen-bond acceptors (Lipinski definition) is 2. The highest BCUT2D eigenvalue weighted by Crippen LogP contribution is 2.28. The van der Waals surface area contributed by atoms with E-state index in [1.165, 1.54) is 16.3 Å². The Bertz CT molecular complexity index is 538. The Labute approximate surface area is 109 Å². The summed E-state index contributed by atoms with van der Waals surface area (Å²) in [6, 6.07) is 12.7. The second-order valence-electron chi connectivity index (χ2n) is 5.52. The molecule has 18 heavy (non-hydrogen) atoms. The average Bonchev–Trinajstić information content (AvgIpc) is 2.34. The summed E-state index contributed by atoms with van der Waals surface area (Å²) in [5.41, 5.74) is 1.53. The zero-order valence-corrected chi connectivity index (χ0v) is 11.5. The third-order valence-corrected chi connectivity index (χ3v) is 3.02. The first-order valence-corrected chi connectivity index (χ1v) is 6.17. The van der Waals surface area contributed by atoms with E-state index < -0.39 is 0 Å². The molecule has 0 fully saturated rings. The molecule has 0 heterocycles. The van der Waals surface area contributed by atoms with Crippen LogP contribution in [0.4, 0.5) is 0 Å². The van der Waals surface area contributed by atoms with Gasteiger partial charge in [0.25, 0.3) is 0 Å². The molecule has 2 nitrogen and oxygen atoms in total. The molecule has 2 heteroatoms. The second-order valence-corrected chi connectivity index (χ2v) is 5.52.